The molecule has 0 unspecified atom stereocenters. The molecule has 0 amide bonds. The number of methoxy groups -OCH3 is 1. The van der Waals surface area contributed by atoms with Crippen molar-refractivity contribution in [2.75, 3.05) is 33.5 Å². The van der Waals surface area contributed by atoms with Gasteiger partial charge in [-0.2, -0.15) is 0 Å². The van der Waals surface area contributed by atoms with E-state index in [4.69, 9.17) is 14.2 Å². The molecule has 0 aromatic carbocycles. The summed E-state index contributed by atoms with van der Waals surface area (Å²) in [6.45, 7) is 2.49. The fourth-order valence-electron chi connectivity index (χ4n) is 0.978. The van der Waals surface area contributed by atoms with Crippen LogP contribution in [-0.4, -0.2) is 43.5 Å². The Labute approximate surface area is 103 Å². The summed E-state index contributed by atoms with van der Waals surface area (Å²) in [5.41, 5.74) is 0. The van der Waals surface area contributed by atoms with Gasteiger partial charge in [0.05, 0.1) is 19.8 Å². The Kier molecular flexibility index (Phi) is 7.03. The molecule has 0 saturated heterocycles. The van der Waals surface area contributed by atoms with Crippen LogP contribution in [-0.2, 0) is 9.47 Å². The van der Waals surface area contributed by atoms with Crippen LogP contribution in [0.15, 0.2) is 17.0 Å². The molecule has 1 heterocycles. The summed E-state index contributed by atoms with van der Waals surface area (Å²) in [5.74, 6) is 0.568. The van der Waals surface area contributed by atoms with Gasteiger partial charge in [0.2, 0.25) is 5.88 Å². The van der Waals surface area contributed by atoms with Gasteiger partial charge in [-0.1, -0.05) is 0 Å². The zero-order valence-electron chi connectivity index (χ0n) is 9.19. The average Bonchev–Trinajstić information content (AvgIpc) is 2.28. The third kappa shape index (κ3) is 5.99. The molecule has 0 radical (unpaired) electrons. The van der Waals surface area contributed by atoms with E-state index in [-0.39, 0.29) is 0 Å². The SMILES string of the molecule is COCCOCCCOc1cc(Br)ncn1. The molecule has 5 nitrogen and oxygen atoms in total. The van der Waals surface area contributed by atoms with E-state index in [2.05, 4.69) is 25.9 Å². The fourth-order valence-corrected chi connectivity index (χ4v) is 1.27. The van der Waals surface area contributed by atoms with Gasteiger partial charge in [0.25, 0.3) is 0 Å². The summed E-state index contributed by atoms with van der Waals surface area (Å²) in [7, 11) is 1.65. The molecule has 0 spiro atoms. The smallest absolute Gasteiger partial charge is 0.217 e. The Morgan fingerprint density at radius 2 is 2.06 bits per heavy atom. The Balaban J connectivity index is 2.03. The first-order chi connectivity index (χ1) is 7.83. The third-order valence-electron chi connectivity index (χ3n) is 1.72. The van der Waals surface area contributed by atoms with Crippen molar-refractivity contribution in [3.8, 4) is 5.88 Å². The second-order valence-electron chi connectivity index (χ2n) is 2.99. The van der Waals surface area contributed by atoms with E-state index in [0.717, 1.165) is 6.42 Å². The van der Waals surface area contributed by atoms with Crippen molar-refractivity contribution in [2.45, 2.75) is 6.42 Å². The first kappa shape index (κ1) is 13.3. The van der Waals surface area contributed by atoms with Gasteiger partial charge < -0.3 is 14.2 Å². The topological polar surface area (TPSA) is 53.5 Å². The molecule has 16 heavy (non-hydrogen) atoms. The molecule has 0 aliphatic rings. The largest absolute Gasteiger partial charge is 0.477 e. The number of aromatic nitrogens is 2. The molecule has 90 valence electrons. The Morgan fingerprint density at radius 3 is 2.81 bits per heavy atom. The standard InChI is InChI=1S/C10H15BrN2O3/c1-14-5-6-15-3-2-4-16-10-7-9(11)12-8-13-10/h7-8H,2-6H2,1H3. The van der Waals surface area contributed by atoms with Crippen molar-refractivity contribution in [1.29, 1.82) is 0 Å². The normalized spacial score (nSPS) is 10.4. The van der Waals surface area contributed by atoms with E-state index in [9.17, 15) is 0 Å². The van der Waals surface area contributed by atoms with Gasteiger partial charge in [0, 0.05) is 26.2 Å². The van der Waals surface area contributed by atoms with E-state index in [1.807, 2.05) is 0 Å². The molecule has 0 atom stereocenters. The number of halogens is 1. The van der Waals surface area contributed by atoms with Crippen LogP contribution in [0, 0.1) is 0 Å². The number of nitrogens with zero attached hydrogens (tertiary/aromatic N) is 2. The quantitative estimate of drug-likeness (QED) is 0.538. The zero-order valence-corrected chi connectivity index (χ0v) is 10.8. The van der Waals surface area contributed by atoms with Crippen molar-refractivity contribution in [3.63, 3.8) is 0 Å². The molecule has 0 aliphatic heterocycles. The lowest BCUT2D eigenvalue weighted by molar-refractivity contribution is 0.0642. The maximum absolute atomic E-state index is 5.40. The van der Waals surface area contributed by atoms with Crippen LogP contribution in [0.1, 0.15) is 6.42 Å². The zero-order chi connectivity index (χ0) is 11.6. The predicted molar refractivity (Wildman–Crippen MR) is 62.5 cm³/mol. The predicted octanol–water partition coefficient (Wildman–Crippen LogP) is 1.67. The van der Waals surface area contributed by atoms with E-state index >= 15 is 0 Å². The summed E-state index contributed by atoms with van der Waals surface area (Å²) in [6.07, 6.45) is 2.28. The highest BCUT2D eigenvalue weighted by molar-refractivity contribution is 9.10. The minimum Gasteiger partial charge on any atom is -0.477 e. The molecule has 6 heteroatoms. The van der Waals surface area contributed by atoms with Gasteiger partial charge in [-0.05, 0) is 15.9 Å². The third-order valence-corrected chi connectivity index (χ3v) is 2.16. The molecule has 1 rings (SSSR count). The molecule has 0 aliphatic carbocycles. The van der Waals surface area contributed by atoms with Crippen LogP contribution >= 0.6 is 15.9 Å². The van der Waals surface area contributed by atoms with Gasteiger partial charge in [-0.25, -0.2) is 9.97 Å². The number of hydrogen-bond acceptors (Lipinski definition) is 5. The Bertz CT molecular complexity index is 299. The summed E-state index contributed by atoms with van der Waals surface area (Å²) >= 11 is 3.24. The molecule has 0 fully saturated rings. The molecular weight excluding hydrogens is 276 g/mol. The summed E-state index contributed by atoms with van der Waals surface area (Å²) in [4.78, 5) is 7.87. The maximum Gasteiger partial charge on any atom is 0.217 e. The minimum absolute atomic E-state index is 0.568. The lowest BCUT2D eigenvalue weighted by Crippen LogP contribution is -2.07. The van der Waals surface area contributed by atoms with Crippen molar-refractivity contribution in [3.05, 3.63) is 17.0 Å². The molecule has 1 aromatic heterocycles. The first-order valence-electron chi connectivity index (χ1n) is 5.00. The van der Waals surface area contributed by atoms with Gasteiger partial charge in [-0.3, -0.25) is 0 Å². The van der Waals surface area contributed by atoms with Crippen LogP contribution < -0.4 is 4.74 Å². The van der Waals surface area contributed by atoms with Crippen molar-refractivity contribution >= 4 is 15.9 Å². The van der Waals surface area contributed by atoms with E-state index in [1.54, 1.807) is 13.2 Å². The van der Waals surface area contributed by atoms with Crippen LogP contribution in [0.5, 0.6) is 5.88 Å². The lowest BCUT2D eigenvalue weighted by atomic mass is 10.5. The van der Waals surface area contributed by atoms with Crippen molar-refractivity contribution in [1.82, 2.24) is 9.97 Å². The average molecular weight is 291 g/mol. The van der Waals surface area contributed by atoms with Gasteiger partial charge in [0.1, 0.15) is 10.9 Å². The highest BCUT2D eigenvalue weighted by atomic mass is 79.9. The number of ether oxygens (including phenoxy) is 3. The molecular formula is C10H15BrN2O3. The van der Waals surface area contributed by atoms with Crippen molar-refractivity contribution < 1.29 is 14.2 Å². The summed E-state index contributed by atoms with van der Waals surface area (Å²) < 4.78 is 16.3. The van der Waals surface area contributed by atoms with Crippen LogP contribution in [0.3, 0.4) is 0 Å². The minimum atomic E-state index is 0.568. The van der Waals surface area contributed by atoms with Gasteiger partial charge in [0.15, 0.2) is 0 Å². The van der Waals surface area contributed by atoms with E-state index in [0.29, 0.717) is 36.9 Å². The second kappa shape index (κ2) is 8.43. The highest BCUT2D eigenvalue weighted by Crippen LogP contribution is 2.11. The Morgan fingerprint density at radius 1 is 1.19 bits per heavy atom. The van der Waals surface area contributed by atoms with Crippen LogP contribution in [0.25, 0.3) is 0 Å². The lowest BCUT2D eigenvalue weighted by Gasteiger charge is -2.05. The molecule has 1 aromatic rings. The summed E-state index contributed by atoms with van der Waals surface area (Å²) in [5, 5.41) is 0. The molecule has 0 N–H and O–H groups in total. The Hall–Kier alpha value is -0.720. The monoisotopic (exact) mass is 290 g/mol. The second-order valence-corrected chi connectivity index (χ2v) is 3.80. The molecule has 0 saturated carbocycles. The van der Waals surface area contributed by atoms with Gasteiger partial charge in [-0.15, -0.1) is 0 Å². The molecule has 0 bridgehead atoms. The fraction of sp³-hybridized carbons (Fsp3) is 0.600. The van der Waals surface area contributed by atoms with Crippen LogP contribution in [0.2, 0.25) is 0 Å². The van der Waals surface area contributed by atoms with E-state index < -0.39 is 0 Å². The number of hydrogen-bond donors (Lipinski definition) is 0. The highest BCUT2D eigenvalue weighted by Gasteiger charge is 1.97. The number of rotatable bonds is 8. The van der Waals surface area contributed by atoms with Crippen molar-refractivity contribution in [2.24, 2.45) is 0 Å². The first-order valence-corrected chi connectivity index (χ1v) is 5.79. The maximum atomic E-state index is 5.40. The van der Waals surface area contributed by atoms with Crippen LogP contribution in [0.4, 0.5) is 0 Å². The van der Waals surface area contributed by atoms with Gasteiger partial charge >= 0.3 is 0 Å². The van der Waals surface area contributed by atoms with E-state index in [1.165, 1.54) is 6.33 Å². The summed E-state index contributed by atoms with van der Waals surface area (Å²) in [6, 6.07) is 1.73.